The van der Waals surface area contributed by atoms with Crippen LogP contribution >= 0.6 is 0 Å². The third kappa shape index (κ3) is 6.04. The molecule has 0 aliphatic carbocycles. The Balaban J connectivity index is 0.973. The smallest absolute Gasteiger partial charge is 0.138 e. The average molecular weight is 704 g/mol. The van der Waals surface area contributed by atoms with Gasteiger partial charge in [0.05, 0.1) is 0 Å². The molecule has 0 saturated heterocycles. The number of rotatable bonds is 7. The highest BCUT2D eigenvalue weighted by Gasteiger charge is 2.16. The lowest BCUT2D eigenvalue weighted by molar-refractivity contribution is 0.629. The second-order valence-corrected chi connectivity index (χ2v) is 14.2. The van der Waals surface area contributed by atoms with Gasteiger partial charge in [-0.25, -0.2) is 0 Å². The summed E-state index contributed by atoms with van der Waals surface area (Å²) in [6.07, 6.45) is 0. The van der Waals surface area contributed by atoms with E-state index in [4.69, 9.17) is 4.42 Å². The Morgan fingerprint density at radius 2 is 0.818 bits per heavy atom. The Kier molecular flexibility index (Phi) is 8.08. The van der Waals surface area contributed by atoms with Crippen molar-refractivity contribution in [3.8, 4) is 44.7 Å². The molecule has 0 atom stereocenters. The first-order valence-electron chi connectivity index (χ1n) is 18.8. The van der Waals surface area contributed by atoms with Gasteiger partial charge in [-0.15, -0.1) is 0 Å². The van der Waals surface area contributed by atoms with Crippen molar-refractivity contribution >= 4 is 49.6 Å². The number of hydrogen-bond donors (Lipinski definition) is 0. The maximum atomic E-state index is 6.29. The molecule has 0 aliphatic rings. The molecule has 0 radical (unpaired) electrons. The first-order valence-corrected chi connectivity index (χ1v) is 18.8. The minimum absolute atomic E-state index is 0.922. The minimum Gasteiger partial charge on any atom is -0.456 e. The molecule has 55 heavy (non-hydrogen) atoms. The molecule has 0 unspecified atom stereocenters. The molecule has 1 heterocycles. The standard InChI is InChI=1S/C53H37NO/c1-36-49-15-7-8-17-52(49)55-53(36)45-14-9-13-43(34-45)41-20-18-38(19-21-41)40-26-30-47(31-27-40)54(46-28-24-39(25-29-46)37-10-3-2-4-11-37)48-32-33-51-44(35-48)23-22-42-12-5-6-16-50(42)51/h2-35H,1H3. The summed E-state index contributed by atoms with van der Waals surface area (Å²) >= 11 is 0. The van der Waals surface area contributed by atoms with Crippen LogP contribution in [0.1, 0.15) is 5.56 Å². The minimum atomic E-state index is 0.922. The van der Waals surface area contributed by atoms with Crippen LogP contribution in [0.2, 0.25) is 0 Å². The van der Waals surface area contributed by atoms with Gasteiger partial charge in [0, 0.05) is 33.6 Å². The second-order valence-electron chi connectivity index (χ2n) is 14.2. The van der Waals surface area contributed by atoms with E-state index in [0.29, 0.717) is 0 Å². The second kappa shape index (κ2) is 13.7. The van der Waals surface area contributed by atoms with E-state index in [1.807, 2.05) is 12.1 Å². The molecule has 0 aliphatic heterocycles. The fourth-order valence-electron chi connectivity index (χ4n) is 7.97. The molecule has 1 aromatic heterocycles. The molecule has 2 heteroatoms. The van der Waals surface area contributed by atoms with Gasteiger partial charge < -0.3 is 9.32 Å². The highest BCUT2D eigenvalue weighted by atomic mass is 16.3. The predicted octanol–water partition coefficient (Wildman–Crippen LogP) is 15.2. The molecule has 2 nitrogen and oxygen atoms in total. The summed E-state index contributed by atoms with van der Waals surface area (Å²) in [5.74, 6) is 0.929. The van der Waals surface area contributed by atoms with Crippen molar-refractivity contribution < 1.29 is 4.42 Å². The van der Waals surface area contributed by atoms with Gasteiger partial charge in [0.2, 0.25) is 0 Å². The van der Waals surface area contributed by atoms with Crippen LogP contribution in [0.15, 0.2) is 211 Å². The topological polar surface area (TPSA) is 16.4 Å². The third-order valence-electron chi connectivity index (χ3n) is 10.9. The molecule has 0 amide bonds. The summed E-state index contributed by atoms with van der Waals surface area (Å²) in [5.41, 5.74) is 13.6. The van der Waals surface area contributed by atoms with Crippen LogP contribution in [0.25, 0.3) is 77.2 Å². The number of hydrogen-bond acceptors (Lipinski definition) is 2. The number of fused-ring (bicyclic) bond motifs is 4. The molecule has 10 rings (SSSR count). The van der Waals surface area contributed by atoms with E-state index in [-0.39, 0.29) is 0 Å². The van der Waals surface area contributed by atoms with Gasteiger partial charge in [0.25, 0.3) is 0 Å². The summed E-state index contributed by atoms with van der Waals surface area (Å²) in [5, 5.41) is 6.17. The molecule has 260 valence electrons. The summed E-state index contributed by atoms with van der Waals surface area (Å²) < 4.78 is 6.29. The zero-order valence-electron chi connectivity index (χ0n) is 30.5. The Labute approximate surface area is 321 Å². The van der Waals surface area contributed by atoms with Gasteiger partial charge in [-0.2, -0.15) is 0 Å². The molecule has 0 saturated carbocycles. The van der Waals surface area contributed by atoms with Crippen LogP contribution in [-0.2, 0) is 0 Å². The number of para-hydroxylation sites is 1. The van der Waals surface area contributed by atoms with E-state index in [9.17, 15) is 0 Å². The fraction of sp³-hybridized carbons (Fsp3) is 0.0189. The first-order chi connectivity index (χ1) is 27.2. The normalized spacial score (nSPS) is 11.4. The third-order valence-corrected chi connectivity index (χ3v) is 10.9. The van der Waals surface area contributed by atoms with Crippen molar-refractivity contribution in [2.45, 2.75) is 6.92 Å². The van der Waals surface area contributed by atoms with Gasteiger partial charge in [-0.05, 0) is 110 Å². The summed E-state index contributed by atoms with van der Waals surface area (Å²) in [6, 6.07) is 74.0. The molecule has 9 aromatic carbocycles. The van der Waals surface area contributed by atoms with E-state index in [1.165, 1.54) is 54.9 Å². The molecule has 0 spiro atoms. The highest BCUT2D eigenvalue weighted by molar-refractivity contribution is 6.08. The Morgan fingerprint density at radius 3 is 1.51 bits per heavy atom. The Bertz CT molecular complexity index is 2960. The summed E-state index contributed by atoms with van der Waals surface area (Å²) in [6.45, 7) is 2.14. The van der Waals surface area contributed by atoms with Crippen molar-refractivity contribution in [1.29, 1.82) is 0 Å². The van der Waals surface area contributed by atoms with Crippen LogP contribution in [-0.4, -0.2) is 0 Å². The van der Waals surface area contributed by atoms with Crippen LogP contribution in [0, 0.1) is 6.92 Å². The quantitative estimate of drug-likeness (QED) is 0.154. The monoisotopic (exact) mass is 703 g/mol. The van der Waals surface area contributed by atoms with Gasteiger partial charge in [-0.3, -0.25) is 0 Å². The average Bonchev–Trinajstić information content (AvgIpc) is 3.60. The van der Waals surface area contributed by atoms with Gasteiger partial charge in [0.15, 0.2) is 0 Å². The van der Waals surface area contributed by atoms with Crippen molar-refractivity contribution in [2.24, 2.45) is 0 Å². The van der Waals surface area contributed by atoms with Crippen molar-refractivity contribution in [3.63, 3.8) is 0 Å². The molecule has 0 N–H and O–H groups in total. The van der Waals surface area contributed by atoms with E-state index in [2.05, 4.69) is 206 Å². The maximum absolute atomic E-state index is 6.29. The summed E-state index contributed by atoms with van der Waals surface area (Å²) in [4.78, 5) is 2.35. The first kappa shape index (κ1) is 32.5. The highest BCUT2D eigenvalue weighted by Crippen LogP contribution is 2.40. The Morgan fingerprint density at radius 1 is 0.327 bits per heavy atom. The van der Waals surface area contributed by atoms with E-state index >= 15 is 0 Å². The Hall–Kier alpha value is -7.16. The van der Waals surface area contributed by atoms with Crippen LogP contribution in [0.3, 0.4) is 0 Å². The number of anilines is 3. The van der Waals surface area contributed by atoms with Crippen molar-refractivity contribution in [3.05, 3.63) is 212 Å². The largest absolute Gasteiger partial charge is 0.456 e. The zero-order chi connectivity index (χ0) is 36.7. The fourth-order valence-corrected chi connectivity index (χ4v) is 7.97. The van der Waals surface area contributed by atoms with Crippen LogP contribution < -0.4 is 4.90 Å². The van der Waals surface area contributed by atoms with Crippen LogP contribution in [0.5, 0.6) is 0 Å². The van der Waals surface area contributed by atoms with E-state index < -0.39 is 0 Å². The molecule has 10 aromatic rings. The lowest BCUT2D eigenvalue weighted by atomic mass is 9.97. The molecule has 0 bridgehead atoms. The van der Waals surface area contributed by atoms with Gasteiger partial charge in [-0.1, -0.05) is 158 Å². The SMILES string of the molecule is Cc1c(-c2cccc(-c3ccc(-c4ccc(N(c5ccc(-c6ccccc6)cc5)c5ccc6c(ccc7ccccc76)c5)cc4)cc3)c2)oc2ccccc12. The van der Waals surface area contributed by atoms with Crippen molar-refractivity contribution in [2.75, 3.05) is 4.90 Å². The lowest BCUT2D eigenvalue weighted by Gasteiger charge is -2.26. The molecular weight excluding hydrogens is 667 g/mol. The van der Waals surface area contributed by atoms with E-state index in [0.717, 1.165) is 44.9 Å². The summed E-state index contributed by atoms with van der Waals surface area (Å²) in [7, 11) is 0. The molecular formula is C53H37NO. The number of furan rings is 1. The van der Waals surface area contributed by atoms with Gasteiger partial charge >= 0.3 is 0 Å². The lowest BCUT2D eigenvalue weighted by Crippen LogP contribution is -2.09. The van der Waals surface area contributed by atoms with Gasteiger partial charge in [0.1, 0.15) is 11.3 Å². The predicted molar refractivity (Wildman–Crippen MR) is 232 cm³/mol. The zero-order valence-corrected chi connectivity index (χ0v) is 30.5. The number of nitrogens with zero attached hydrogens (tertiary/aromatic N) is 1. The number of aryl methyl sites for hydroxylation is 1. The number of benzene rings is 9. The maximum Gasteiger partial charge on any atom is 0.138 e. The van der Waals surface area contributed by atoms with E-state index in [1.54, 1.807) is 0 Å². The van der Waals surface area contributed by atoms with Crippen LogP contribution in [0.4, 0.5) is 17.1 Å². The van der Waals surface area contributed by atoms with Crippen molar-refractivity contribution in [1.82, 2.24) is 0 Å². The molecule has 0 fully saturated rings.